The van der Waals surface area contributed by atoms with E-state index in [4.69, 9.17) is 4.74 Å². The Morgan fingerprint density at radius 1 is 1.11 bits per heavy atom. The first-order valence-corrected chi connectivity index (χ1v) is 5.87. The maximum absolute atomic E-state index is 9.50. The van der Waals surface area contributed by atoms with Gasteiger partial charge in [-0.25, -0.2) is 0 Å². The number of methoxy groups -OCH3 is 1. The van der Waals surface area contributed by atoms with E-state index in [1.54, 1.807) is 13.2 Å². The molecule has 0 fully saturated rings. The third-order valence-corrected chi connectivity index (χ3v) is 2.71. The molecule has 0 amide bonds. The molecule has 2 aromatic rings. The van der Waals surface area contributed by atoms with Crippen LogP contribution in [0.4, 0.5) is 0 Å². The molecule has 0 atom stereocenters. The quantitative estimate of drug-likeness (QED) is 0.883. The van der Waals surface area contributed by atoms with Crippen LogP contribution in [0.3, 0.4) is 0 Å². The van der Waals surface area contributed by atoms with E-state index in [1.165, 1.54) is 5.56 Å². The molecule has 0 aliphatic heterocycles. The smallest absolute Gasteiger partial charge is 0.160 e. The summed E-state index contributed by atoms with van der Waals surface area (Å²) in [5.74, 6) is 0.689. The minimum atomic E-state index is 0.174. The van der Waals surface area contributed by atoms with E-state index in [1.807, 2.05) is 30.3 Å². The highest BCUT2D eigenvalue weighted by atomic mass is 16.5. The summed E-state index contributed by atoms with van der Waals surface area (Å²) >= 11 is 0. The monoisotopic (exact) mass is 240 g/mol. The number of benzene rings is 2. The van der Waals surface area contributed by atoms with Gasteiger partial charge in [-0.1, -0.05) is 48.6 Å². The summed E-state index contributed by atoms with van der Waals surface area (Å²) in [5.41, 5.74) is 2.29. The van der Waals surface area contributed by atoms with Crippen LogP contribution in [0, 0.1) is 0 Å². The van der Waals surface area contributed by atoms with Crippen LogP contribution in [-0.4, -0.2) is 12.2 Å². The third-order valence-electron chi connectivity index (χ3n) is 2.71. The van der Waals surface area contributed by atoms with Gasteiger partial charge in [0.15, 0.2) is 11.5 Å². The number of ether oxygens (including phenoxy) is 1. The second-order valence-electron chi connectivity index (χ2n) is 4.02. The molecule has 0 bridgehead atoms. The van der Waals surface area contributed by atoms with Crippen molar-refractivity contribution in [2.75, 3.05) is 7.11 Å². The van der Waals surface area contributed by atoms with Gasteiger partial charge in [0.05, 0.1) is 7.11 Å². The van der Waals surface area contributed by atoms with Crippen molar-refractivity contribution in [1.29, 1.82) is 0 Å². The molecule has 0 spiro atoms. The van der Waals surface area contributed by atoms with Gasteiger partial charge in [0.1, 0.15) is 0 Å². The molecule has 0 unspecified atom stereocenters. The van der Waals surface area contributed by atoms with E-state index >= 15 is 0 Å². The van der Waals surface area contributed by atoms with Crippen molar-refractivity contribution in [1.82, 2.24) is 0 Å². The molecular weight excluding hydrogens is 224 g/mol. The molecule has 2 nitrogen and oxygen atoms in total. The lowest BCUT2D eigenvalue weighted by molar-refractivity contribution is 0.373. The lowest BCUT2D eigenvalue weighted by atomic mass is 10.1. The summed E-state index contributed by atoms with van der Waals surface area (Å²) in [4.78, 5) is 0. The summed E-state index contributed by atoms with van der Waals surface area (Å²) < 4.78 is 5.08. The van der Waals surface area contributed by atoms with Gasteiger partial charge < -0.3 is 9.84 Å². The Morgan fingerprint density at radius 3 is 2.61 bits per heavy atom. The van der Waals surface area contributed by atoms with Crippen molar-refractivity contribution in [2.24, 2.45) is 0 Å². The fourth-order valence-electron chi connectivity index (χ4n) is 1.74. The molecule has 2 heteroatoms. The van der Waals surface area contributed by atoms with Gasteiger partial charge in [0.25, 0.3) is 0 Å². The SMILES string of the molecule is COc1cc(C/C=C/c2ccccc2)ccc1O. The van der Waals surface area contributed by atoms with E-state index in [0.29, 0.717) is 5.75 Å². The largest absolute Gasteiger partial charge is 0.504 e. The Bertz CT molecular complexity index is 530. The van der Waals surface area contributed by atoms with Crippen LogP contribution in [-0.2, 0) is 6.42 Å². The topological polar surface area (TPSA) is 29.5 Å². The van der Waals surface area contributed by atoms with E-state index in [9.17, 15) is 5.11 Å². The molecule has 2 aromatic carbocycles. The number of hydrogen-bond acceptors (Lipinski definition) is 2. The van der Waals surface area contributed by atoms with Crippen LogP contribution in [0.1, 0.15) is 11.1 Å². The fraction of sp³-hybridized carbons (Fsp3) is 0.125. The van der Waals surface area contributed by atoms with Gasteiger partial charge in [-0.05, 0) is 29.7 Å². The van der Waals surface area contributed by atoms with E-state index in [2.05, 4.69) is 24.3 Å². The van der Waals surface area contributed by atoms with Crippen LogP contribution in [0.5, 0.6) is 11.5 Å². The van der Waals surface area contributed by atoms with Gasteiger partial charge in [0.2, 0.25) is 0 Å². The summed E-state index contributed by atoms with van der Waals surface area (Å²) in [6.07, 6.45) is 4.99. The van der Waals surface area contributed by atoms with Crippen LogP contribution in [0.25, 0.3) is 6.08 Å². The highest BCUT2D eigenvalue weighted by Crippen LogP contribution is 2.26. The average Bonchev–Trinajstić information content (AvgIpc) is 2.42. The van der Waals surface area contributed by atoms with E-state index < -0.39 is 0 Å². The average molecular weight is 240 g/mol. The van der Waals surface area contributed by atoms with Crippen LogP contribution in [0.2, 0.25) is 0 Å². The molecule has 0 saturated heterocycles. The van der Waals surface area contributed by atoms with Crippen molar-refractivity contribution in [2.45, 2.75) is 6.42 Å². The minimum Gasteiger partial charge on any atom is -0.504 e. The number of phenolic OH excluding ortho intramolecular Hbond substituents is 1. The van der Waals surface area contributed by atoms with Gasteiger partial charge in [-0.2, -0.15) is 0 Å². The fourth-order valence-corrected chi connectivity index (χ4v) is 1.74. The zero-order valence-corrected chi connectivity index (χ0v) is 10.3. The second-order valence-corrected chi connectivity index (χ2v) is 4.02. The summed E-state index contributed by atoms with van der Waals surface area (Å²) in [7, 11) is 1.55. The molecule has 2 rings (SSSR count). The Hall–Kier alpha value is -2.22. The van der Waals surface area contributed by atoms with Crippen molar-refractivity contribution >= 4 is 6.08 Å². The van der Waals surface area contributed by atoms with Gasteiger partial charge in [0, 0.05) is 0 Å². The molecule has 18 heavy (non-hydrogen) atoms. The first-order chi connectivity index (χ1) is 8.79. The highest BCUT2D eigenvalue weighted by molar-refractivity contribution is 5.50. The first kappa shape index (κ1) is 12.2. The standard InChI is InChI=1S/C16H16O2/c1-18-16-12-14(10-11-15(16)17)9-5-8-13-6-3-2-4-7-13/h2-8,10-12,17H,9H2,1H3/b8-5+. The molecule has 0 aliphatic carbocycles. The predicted octanol–water partition coefficient (Wildman–Crippen LogP) is 3.66. The van der Waals surface area contributed by atoms with Crippen LogP contribution < -0.4 is 4.74 Å². The van der Waals surface area contributed by atoms with E-state index in [0.717, 1.165) is 12.0 Å². The van der Waals surface area contributed by atoms with Crippen molar-refractivity contribution in [3.63, 3.8) is 0 Å². The van der Waals surface area contributed by atoms with Gasteiger partial charge in [-0.15, -0.1) is 0 Å². The van der Waals surface area contributed by atoms with Crippen molar-refractivity contribution in [3.8, 4) is 11.5 Å². The lowest BCUT2D eigenvalue weighted by Gasteiger charge is -2.04. The zero-order valence-electron chi connectivity index (χ0n) is 10.3. The van der Waals surface area contributed by atoms with Crippen molar-refractivity contribution < 1.29 is 9.84 Å². The summed E-state index contributed by atoms with van der Waals surface area (Å²) in [5, 5.41) is 9.50. The predicted molar refractivity (Wildman–Crippen MR) is 73.8 cm³/mol. The molecule has 1 N–H and O–H groups in total. The zero-order chi connectivity index (χ0) is 12.8. The number of hydrogen-bond donors (Lipinski definition) is 1. The maximum atomic E-state index is 9.50. The second kappa shape index (κ2) is 5.92. The van der Waals surface area contributed by atoms with Crippen LogP contribution >= 0.6 is 0 Å². The number of phenols is 1. The summed E-state index contributed by atoms with van der Waals surface area (Å²) in [6.45, 7) is 0. The molecule has 0 saturated carbocycles. The molecular formula is C16H16O2. The number of aromatic hydroxyl groups is 1. The maximum Gasteiger partial charge on any atom is 0.160 e. The normalized spacial score (nSPS) is 10.7. The molecule has 92 valence electrons. The summed E-state index contributed by atoms with van der Waals surface area (Å²) in [6, 6.07) is 15.6. The third kappa shape index (κ3) is 3.14. The van der Waals surface area contributed by atoms with Crippen LogP contribution in [0.15, 0.2) is 54.6 Å². The Balaban J connectivity index is 2.04. The molecule has 0 heterocycles. The molecule has 0 radical (unpaired) electrons. The number of rotatable bonds is 4. The lowest BCUT2D eigenvalue weighted by Crippen LogP contribution is -1.87. The minimum absolute atomic E-state index is 0.174. The van der Waals surface area contributed by atoms with Gasteiger partial charge >= 0.3 is 0 Å². The Kier molecular flexibility index (Phi) is 4.02. The number of allylic oxidation sites excluding steroid dienone is 1. The Labute approximate surface area is 107 Å². The Morgan fingerprint density at radius 2 is 1.89 bits per heavy atom. The van der Waals surface area contributed by atoms with E-state index in [-0.39, 0.29) is 5.75 Å². The van der Waals surface area contributed by atoms with Crippen molar-refractivity contribution in [3.05, 3.63) is 65.7 Å². The molecule has 0 aliphatic rings. The first-order valence-electron chi connectivity index (χ1n) is 5.87. The van der Waals surface area contributed by atoms with Gasteiger partial charge in [-0.3, -0.25) is 0 Å². The highest BCUT2D eigenvalue weighted by Gasteiger charge is 2.00. The molecule has 0 aromatic heterocycles.